The zero-order valence-electron chi connectivity index (χ0n) is 15.9. The summed E-state index contributed by atoms with van der Waals surface area (Å²) in [5, 5.41) is 0. The zero-order valence-corrected chi connectivity index (χ0v) is 15.9. The van der Waals surface area contributed by atoms with Gasteiger partial charge in [0.05, 0.1) is 24.3 Å². The van der Waals surface area contributed by atoms with Crippen LogP contribution in [0.25, 0.3) is 0 Å². The molecule has 1 aromatic carbocycles. The van der Waals surface area contributed by atoms with Crippen molar-refractivity contribution in [3.63, 3.8) is 0 Å². The van der Waals surface area contributed by atoms with Crippen LogP contribution in [0.5, 0.6) is 0 Å². The summed E-state index contributed by atoms with van der Waals surface area (Å²) in [6.45, 7) is 6.86. The number of ether oxygens (including phenoxy) is 2. The van der Waals surface area contributed by atoms with E-state index in [9.17, 15) is 9.59 Å². The highest BCUT2D eigenvalue weighted by Crippen LogP contribution is 2.13. The molecule has 4 nitrogen and oxygen atoms in total. The molecule has 0 saturated heterocycles. The molecule has 1 aromatic rings. The first-order chi connectivity index (χ1) is 12.1. The maximum absolute atomic E-state index is 12.3. The minimum Gasteiger partial charge on any atom is -0.462 e. The van der Waals surface area contributed by atoms with Crippen molar-refractivity contribution in [1.82, 2.24) is 0 Å². The molecule has 25 heavy (non-hydrogen) atoms. The monoisotopic (exact) mass is 348 g/mol. The summed E-state index contributed by atoms with van der Waals surface area (Å²) in [5.41, 5.74) is 0.548. The van der Waals surface area contributed by atoms with Crippen LogP contribution in [0.3, 0.4) is 0 Å². The number of esters is 2. The second-order valence-electron chi connectivity index (χ2n) is 6.80. The minimum atomic E-state index is -0.475. The molecule has 1 rings (SSSR count). The van der Waals surface area contributed by atoms with Crippen LogP contribution in [0.15, 0.2) is 24.3 Å². The quantitative estimate of drug-likeness (QED) is 0.374. The van der Waals surface area contributed by atoms with E-state index in [-0.39, 0.29) is 17.0 Å². The second kappa shape index (κ2) is 12.5. The lowest BCUT2D eigenvalue weighted by atomic mass is 10.1. The van der Waals surface area contributed by atoms with E-state index in [1.807, 2.05) is 13.8 Å². The van der Waals surface area contributed by atoms with Crippen LogP contribution in [0.1, 0.15) is 86.4 Å². The molecular formula is C21H32O4. The van der Waals surface area contributed by atoms with Gasteiger partial charge in [0, 0.05) is 0 Å². The van der Waals surface area contributed by atoms with Crippen molar-refractivity contribution >= 4 is 11.9 Å². The molecule has 0 spiro atoms. The van der Waals surface area contributed by atoms with Gasteiger partial charge in [0.1, 0.15) is 0 Å². The summed E-state index contributed by atoms with van der Waals surface area (Å²) in [7, 11) is 0. The third-order valence-electron chi connectivity index (χ3n) is 3.90. The van der Waals surface area contributed by atoms with Crippen LogP contribution >= 0.6 is 0 Å². The lowest BCUT2D eigenvalue weighted by Gasteiger charge is -2.11. The summed E-state index contributed by atoms with van der Waals surface area (Å²) in [4.78, 5) is 24.4. The molecule has 0 atom stereocenters. The summed E-state index contributed by atoms with van der Waals surface area (Å²) in [5.74, 6) is -0.680. The Morgan fingerprint density at radius 3 is 1.92 bits per heavy atom. The third-order valence-corrected chi connectivity index (χ3v) is 3.90. The highest BCUT2D eigenvalue weighted by Gasteiger charge is 2.19. The summed E-state index contributed by atoms with van der Waals surface area (Å²) < 4.78 is 10.5. The summed E-state index contributed by atoms with van der Waals surface area (Å²) in [6, 6.07) is 6.66. The van der Waals surface area contributed by atoms with Crippen LogP contribution in [0, 0.1) is 5.92 Å². The van der Waals surface area contributed by atoms with Crippen molar-refractivity contribution in [3.8, 4) is 0 Å². The van der Waals surface area contributed by atoms with Crippen LogP contribution < -0.4 is 0 Å². The largest absolute Gasteiger partial charge is 0.462 e. The van der Waals surface area contributed by atoms with E-state index < -0.39 is 11.9 Å². The van der Waals surface area contributed by atoms with Gasteiger partial charge in [0.25, 0.3) is 0 Å². The maximum Gasteiger partial charge on any atom is 0.339 e. The van der Waals surface area contributed by atoms with E-state index in [4.69, 9.17) is 9.47 Å². The Balaban J connectivity index is 2.41. The average molecular weight is 348 g/mol. The van der Waals surface area contributed by atoms with Gasteiger partial charge in [-0.25, -0.2) is 9.59 Å². The van der Waals surface area contributed by atoms with E-state index in [1.165, 1.54) is 32.1 Å². The molecule has 0 radical (unpaired) electrons. The molecule has 4 heteroatoms. The highest BCUT2D eigenvalue weighted by molar-refractivity contribution is 6.03. The van der Waals surface area contributed by atoms with Gasteiger partial charge in [-0.1, -0.05) is 71.4 Å². The van der Waals surface area contributed by atoms with Crippen LogP contribution in [-0.4, -0.2) is 25.2 Å². The van der Waals surface area contributed by atoms with Gasteiger partial charge in [0.2, 0.25) is 0 Å². The minimum absolute atomic E-state index is 0.250. The van der Waals surface area contributed by atoms with Gasteiger partial charge in [-0.15, -0.1) is 0 Å². The molecule has 0 heterocycles. The fourth-order valence-electron chi connectivity index (χ4n) is 2.46. The van der Waals surface area contributed by atoms with Crippen molar-refractivity contribution < 1.29 is 19.1 Å². The van der Waals surface area contributed by atoms with Crippen molar-refractivity contribution in [1.29, 1.82) is 0 Å². The first-order valence-corrected chi connectivity index (χ1v) is 9.49. The molecular weight excluding hydrogens is 316 g/mol. The SMILES string of the molecule is CCCCCCCCCOC(=O)c1ccccc1C(=O)OCC(C)C. The lowest BCUT2D eigenvalue weighted by molar-refractivity contribution is 0.0427. The van der Waals surface area contributed by atoms with Crippen LogP contribution in [-0.2, 0) is 9.47 Å². The van der Waals surface area contributed by atoms with Gasteiger partial charge in [-0.3, -0.25) is 0 Å². The molecule has 0 aliphatic rings. The molecule has 0 aromatic heterocycles. The topological polar surface area (TPSA) is 52.6 Å². The smallest absolute Gasteiger partial charge is 0.339 e. The van der Waals surface area contributed by atoms with E-state index in [2.05, 4.69) is 6.92 Å². The fraction of sp³-hybridized carbons (Fsp3) is 0.619. The molecule has 0 bridgehead atoms. The molecule has 0 unspecified atom stereocenters. The van der Waals surface area contributed by atoms with Crippen molar-refractivity contribution in [2.24, 2.45) is 5.92 Å². The maximum atomic E-state index is 12.3. The molecule has 140 valence electrons. The van der Waals surface area contributed by atoms with E-state index in [1.54, 1.807) is 24.3 Å². The van der Waals surface area contributed by atoms with Gasteiger partial charge in [-0.05, 0) is 24.5 Å². The second-order valence-corrected chi connectivity index (χ2v) is 6.80. The third kappa shape index (κ3) is 8.71. The Bertz CT molecular complexity index is 522. The van der Waals surface area contributed by atoms with Crippen molar-refractivity contribution in [3.05, 3.63) is 35.4 Å². The Morgan fingerprint density at radius 1 is 0.840 bits per heavy atom. The zero-order chi connectivity index (χ0) is 18.5. The Kier molecular flexibility index (Phi) is 10.6. The molecule has 0 N–H and O–H groups in total. The molecule has 0 amide bonds. The average Bonchev–Trinajstić information content (AvgIpc) is 2.61. The van der Waals surface area contributed by atoms with Gasteiger partial charge < -0.3 is 9.47 Å². The van der Waals surface area contributed by atoms with Crippen molar-refractivity contribution in [2.45, 2.75) is 65.7 Å². The van der Waals surface area contributed by atoms with Gasteiger partial charge in [0.15, 0.2) is 0 Å². The van der Waals surface area contributed by atoms with Gasteiger partial charge >= 0.3 is 11.9 Å². The van der Waals surface area contributed by atoms with E-state index in [0.717, 1.165) is 12.8 Å². The summed E-state index contributed by atoms with van der Waals surface area (Å²) in [6.07, 6.45) is 8.16. The van der Waals surface area contributed by atoms with E-state index >= 15 is 0 Å². The predicted molar refractivity (Wildman–Crippen MR) is 99.8 cm³/mol. The molecule has 0 aliphatic carbocycles. The Labute approximate surface area is 151 Å². The van der Waals surface area contributed by atoms with Crippen molar-refractivity contribution in [2.75, 3.05) is 13.2 Å². The number of benzene rings is 1. The Morgan fingerprint density at radius 2 is 1.36 bits per heavy atom. The number of rotatable bonds is 12. The lowest BCUT2D eigenvalue weighted by Crippen LogP contribution is -2.16. The normalized spacial score (nSPS) is 10.7. The molecule has 0 aliphatic heterocycles. The van der Waals surface area contributed by atoms with Gasteiger partial charge in [-0.2, -0.15) is 0 Å². The fourth-order valence-corrected chi connectivity index (χ4v) is 2.46. The van der Waals surface area contributed by atoms with Crippen LogP contribution in [0.2, 0.25) is 0 Å². The first-order valence-electron chi connectivity index (χ1n) is 9.49. The first kappa shape index (κ1) is 21.2. The molecule has 0 fully saturated rings. The summed E-state index contributed by atoms with van der Waals surface area (Å²) >= 11 is 0. The predicted octanol–water partition coefficient (Wildman–Crippen LogP) is 5.41. The standard InChI is InChI=1S/C21H32O4/c1-4-5-6-7-8-9-12-15-24-20(22)18-13-10-11-14-19(18)21(23)25-16-17(2)3/h10-11,13-14,17H,4-9,12,15-16H2,1-3H3. The number of carbonyl (C=O) groups excluding carboxylic acids is 2. The highest BCUT2D eigenvalue weighted by atomic mass is 16.5. The van der Waals surface area contributed by atoms with Crippen LogP contribution in [0.4, 0.5) is 0 Å². The van der Waals surface area contributed by atoms with E-state index in [0.29, 0.717) is 13.2 Å². The number of hydrogen-bond acceptors (Lipinski definition) is 4. The molecule has 0 saturated carbocycles. The Hall–Kier alpha value is -1.84. The number of carbonyl (C=O) groups is 2. The number of hydrogen-bond donors (Lipinski definition) is 0. The number of unbranched alkanes of at least 4 members (excludes halogenated alkanes) is 6.